The Bertz CT molecular complexity index is 367. The summed E-state index contributed by atoms with van der Waals surface area (Å²) in [7, 11) is 0. The quantitative estimate of drug-likeness (QED) is 0.868. The van der Waals surface area contributed by atoms with Crippen molar-refractivity contribution in [1.82, 2.24) is 4.37 Å². The normalized spacial score (nSPS) is 24.6. The second-order valence-corrected chi connectivity index (χ2v) is 5.45. The molecule has 2 unspecified atom stereocenters. The molecule has 1 aliphatic rings. The van der Waals surface area contributed by atoms with Gasteiger partial charge in [0.1, 0.15) is 0 Å². The van der Waals surface area contributed by atoms with Crippen molar-refractivity contribution in [1.29, 1.82) is 0 Å². The van der Waals surface area contributed by atoms with Crippen molar-refractivity contribution in [2.45, 2.75) is 45.6 Å². The number of nitrogen functional groups attached to an aromatic ring is 1. The summed E-state index contributed by atoms with van der Waals surface area (Å²) < 4.78 is 9.70. The zero-order valence-corrected chi connectivity index (χ0v) is 11.3. The lowest BCUT2D eigenvalue weighted by Crippen LogP contribution is -2.30. The van der Waals surface area contributed by atoms with Crippen LogP contribution in [0.2, 0.25) is 0 Å². The van der Waals surface area contributed by atoms with Gasteiger partial charge in [-0.25, -0.2) is 0 Å². The third-order valence-corrected chi connectivity index (χ3v) is 4.16. The highest BCUT2D eigenvalue weighted by atomic mass is 32.1. The van der Waals surface area contributed by atoms with Crippen LogP contribution in [0, 0.1) is 5.92 Å². The molecular weight excluding hydrogens is 234 g/mol. The monoisotopic (exact) mass is 255 g/mol. The molecule has 1 aromatic rings. The molecule has 0 aliphatic heterocycles. The fourth-order valence-electron chi connectivity index (χ4n) is 2.37. The average Bonchev–Trinajstić information content (AvgIpc) is 2.65. The van der Waals surface area contributed by atoms with E-state index in [1.807, 2.05) is 6.92 Å². The molecule has 17 heavy (non-hydrogen) atoms. The highest BCUT2D eigenvalue weighted by molar-refractivity contribution is 7.11. The summed E-state index contributed by atoms with van der Waals surface area (Å²) in [4.78, 5) is 0. The van der Waals surface area contributed by atoms with Gasteiger partial charge in [0.25, 0.3) is 0 Å². The van der Waals surface area contributed by atoms with Crippen LogP contribution in [-0.2, 0) is 0 Å². The molecule has 1 fully saturated rings. The third kappa shape index (κ3) is 2.83. The maximum atomic E-state index is 5.80. The smallest absolute Gasteiger partial charge is 0.197 e. The summed E-state index contributed by atoms with van der Waals surface area (Å²) in [6, 6.07) is 0.530. The van der Waals surface area contributed by atoms with Gasteiger partial charge in [0.05, 0.1) is 6.61 Å². The van der Waals surface area contributed by atoms with Crippen molar-refractivity contribution in [3.63, 3.8) is 0 Å². The van der Waals surface area contributed by atoms with Gasteiger partial charge in [0, 0.05) is 6.04 Å². The maximum Gasteiger partial charge on any atom is 0.197 e. The lowest BCUT2D eigenvalue weighted by atomic mass is 9.86. The van der Waals surface area contributed by atoms with Crippen LogP contribution in [-0.4, -0.2) is 17.0 Å². The van der Waals surface area contributed by atoms with Crippen molar-refractivity contribution in [2.24, 2.45) is 5.92 Å². The number of hydrogen-bond acceptors (Lipinski definition) is 5. The van der Waals surface area contributed by atoms with Gasteiger partial charge in [-0.3, -0.25) is 0 Å². The Morgan fingerprint density at radius 1 is 1.47 bits per heavy atom. The predicted molar refractivity (Wildman–Crippen MR) is 72.7 cm³/mol. The highest BCUT2D eigenvalue weighted by Gasteiger charge is 2.23. The summed E-state index contributed by atoms with van der Waals surface area (Å²) in [5.41, 5.74) is 5.80. The first-order chi connectivity index (χ1) is 8.22. The number of nitrogens with two attached hydrogens (primary N) is 1. The molecule has 0 radical (unpaired) electrons. The molecule has 2 atom stereocenters. The molecule has 96 valence electrons. The van der Waals surface area contributed by atoms with E-state index in [9.17, 15) is 0 Å². The number of ether oxygens (including phenoxy) is 1. The molecule has 0 spiro atoms. The molecule has 5 heteroatoms. The molecule has 0 aromatic carbocycles. The van der Waals surface area contributed by atoms with Crippen LogP contribution in [0.15, 0.2) is 0 Å². The summed E-state index contributed by atoms with van der Waals surface area (Å²) >= 11 is 1.40. The van der Waals surface area contributed by atoms with Gasteiger partial charge in [-0.05, 0) is 37.2 Å². The van der Waals surface area contributed by atoms with Gasteiger partial charge in [0.15, 0.2) is 16.6 Å². The highest BCUT2D eigenvalue weighted by Crippen LogP contribution is 2.37. The minimum absolute atomic E-state index is 0.503. The SMILES string of the molecule is CCOc1c(N)nsc1NC1CCCCC1C. The van der Waals surface area contributed by atoms with Gasteiger partial charge in [0.2, 0.25) is 0 Å². The summed E-state index contributed by atoms with van der Waals surface area (Å²) in [5, 5.41) is 4.54. The van der Waals surface area contributed by atoms with Crippen molar-refractivity contribution in [2.75, 3.05) is 17.7 Å². The number of anilines is 2. The fourth-order valence-corrected chi connectivity index (χ4v) is 3.09. The van der Waals surface area contributed by atoms with Crippen molar-refractivity contribution in [3.8, 4) is 5.75 Å². The predicted octanol–water partition coefficient (Wildman–Crippen LogP) is 3.11. The second-order valence-electron chi connectivity index (χ2n) is 4.67. The average molecular weight is 255 g/mol. The van der Waals surface area contributed by atoms with Gasteiger partial charge < -0.3 is 15.8 Å². The topological polar surface area (TPSA) is 60.2 Å². The van der Waals surface area contributed by atoms with Crippen molar-refractivity contribution < 1.29 is 4.74 Å². The standard InChI is InChI=1S/C12H21N3OS/c1-3-16-10-11(13)15-17-12(10)14-9-7-5-4-6-8(9)2/h8-9,14H,3-7H2,1-2H3,(H2,13,15). The van der Waals surface area contributed by atoms with E-state index < -0.39 is 0 Å². The number of nitrogens with zero attached hydrogens (tertiary/aromatic N) is 1. The summed E-state index contributed by atoms with van der Waals surface area (Å²) in [6.07, 6.45) is 5.18. The van der Waals surface area contributed by atoms with E-state index in [0.29, 0.717) is 24.4 Å². The Balaban J connectivity index is 2.06. The van der Waals surface area contributed by atoms with Crippen LogP contribution in [0.4, 0.5) is 10.8 Å². The summed E-state index contributed by atoms with van der Waals surface area (Å²) in [6.45, 7) is 4.89. The Kier molecular flexibility index (Phi) is 4.10. The Morgan fingerprint density at radius 2 is 2.24 bits per heavy atom. The van der Waals surface area contributed by atoms with E-state index in [-0.39, 0.29) is 0 Å². The number of aromatic nitrogens is 1. The molecule has 0 amide bonds. The molecule has 1 aromatic heterocycles. The van der Waals surface area contributed by atoms with E-state index in [0.717, 1.165) is 10.8 Å². The summed E-state index contributed by atoms with van der Waals surface area (Å²) in [5.74, 6) is 1.94. The van der Waals surface area contributed by atoms with Gasteiger partial charge in [-0.1, -0.05) is 19.8 Å². The molecule has 1 heterocycles. The lowest BCUT2D eigenvalue weighted by Gasteiger charge is -2.29. The van der Waals surface area contributed by atoms with E-state index in [1.54, 1.807) is 0 Å². The van der Waals surface area contributed by atoms with Crippen LogP contribution in [0.1, 0.15) is 39.5 Å². The van der Waals surface area contributed by atoms with Crippen molar-refractivity contribution >= 4 is 22.4 Å². The van der Waals surface area contributed by atoms with E-state index in [1.165, 1.54) is 37.2 Å². The van der Waals surface area contributed by atoms with E-state index in [4.69, 9.17) is 10.5 Å². The van der Waals surface area contributed by atoms with Crippen LogP contribution in [0.5, 0.6) is 5.75 Å². The number of hydrogen-bond donors (Lipinski definition) is 2. The van der Waals surface area contributed by atoms with Gasteiger partial charge >= 0.3 is 0 Å². The molecule has 0 saturated heterocycles. The zero-order chi connectivity index (χ0) is 12.3. The Labute approximate surface area is 107 Å². The fraction of sp³-hybridized carbons (Fsp3) is 0.750. The Morgan fingerprint density at radius 3 is 2.94 bits per heavy atom. The molecular formula is C12H21N3OS. The first-order valence-corrected chi connectivity index (χ1v) is 7.14. The second kappa shape index (κ2) is 5.58. The minimum Gasteiger partial charge on any atom is -0.487 e. The zero-order valence-electron chi connectivity index (χ0n) is 10.5. The molecule has 0 bridgehead atoms. The molecule has 4 nitrogen and oxygen atoms in total. The van der Waals surface area contributed by atoms with Crippen LogP contribution in [0.25, 0.3) is 0 Å². The van der Waals surface area contributed by atoms with Gasteiger partial charge in [-0.15, -0.1) is 0 Å². The van der Waals surface area contributed by atoms with Crippen LogP contribution < -0.4 is 15.8 Å². The van der Waals surface area contributed by atoms with Crippen LogP contribution >= 0.6 is 11.5 Å². The van der Waals surface area contributed by atoms with Crippen LogP contribution in [0.3, 0.4) is 0 Å². The first-order valence-electron chi connectivity index (χ1n) is 6.36. The molecule has 1 saturated carbocycles. The number of nitrogens with one attached hydrogen (secondary N) is 1. The molecule has 3 N–H and O–H groups in total. The third-order valence-electron chi connectivity index (χ3n) is 3.39. The van der Waals surface area contributed by atoms with Crippen molar-refractivity contribution in [3.05, 3.63) is 0 Å². The molecule has 2 rings (SSSR count). The van der Waals surface area contributed by atoms with E-state index in [2.05, 4.69) is 16.6 Å². The number of rotatable bonds is 4. The largest absolute Gasteiger partial charge is 0.487 e. The molecule has 1 aliphatic carbocycles. The first kappa shape index (κ1) is 12.5. The van der Waals surface area contributed by atoms with Gasteiger partial charge in [-0.2, -0.15) is 4.37 Å². The lowest BCUT2D eigenvalue weighted by molar-refractivity contribution is 0.336. The minimum atomic E-state index is 0.503. The van der Waals surface area contributed by atoms with E-state index >= 15 is 0 Å². The Hall–Kier alpha value is -0.970. The maximum absolute atomic E-state index is 5.80.